The zero-order valence-corrected chi connectivity index (χ0v) is 15.1. The smallest absolute Gasteiger partial charge is 0.342 e. The summed E-state index contributed by atoms with van der Waals surface area (Å²) in [6.07, 6.45) is 2.48. The van der Waals surface area contributed by atoms with Gasteiger partial charge in [0.05, 0.1) is 5.69 Å². The second-order valence-corrected chi connectivity index (χ2v) is 6.81. The topological polar surface area (TPSA) is 96.6 Å². The van der Waals surface area contributed by atoms with Crippen molar-refractivity contribution in [1.82, 2.24) is 9.55 Å². The Morgan fingerprint density at radius 2 is 2.04 bits per heavy atom. The van der Waals surface area contributed by atoms with Crippen LogP contribution in [0.25, 0.3) is 0 Å². The molecule has 0 aliphatic carbocycles. The van der Waals surface area contributed by atoms with Gasteiger partial charge in [0.15, 0.2) is 5.82 Å². The third-order valence-corrected chi connectivity index (χ3v) is 4.62. The Morgan fingerprint density at radius 3 is 2.65 bits per heavy atom. The predicted molar refractivity (Wildman–Crippen MR) is 100 cm³/mol. The molecular weight excluding hydrogens is 332 g/mol. The highest BCUT2D eigenvalue weighted by atomic mass is 16.4. The number of nitrogens with one attached hydrogen (secondary N) is 1. The van der Waals surface area contributed by atoms with E-state index in [1.54, 1.807) is 0 Å². The van der Waals surface area contributed by atoms with Crippen molar-refractivity contribution in [3.63, 3.8) is 0 Å². The fourth-order valence-electron chi connectivity index (χ4n) is 3.01. The number of rotatable bonds is 4. The molecule has 0 saturated heterocycles. The van der Waals surface area contributed by atoms with Gasteiger partial charge in [0, 0.05) is 12.2 Å². The Labute approximate surface area is 151 Å². The van der Waals surface area contributed by atoms with E-state index in [-0.39, 0.29) is 11.6 Å². The number of hydrogen-bond donors (Lipinski definition) is 2. The van der Waals surface area contributed by atoms with Crippen LogP contribution < -0.4 is 11.0 Å². The average Bonchev–Trinajstić information content (AvgIpc) is 2.61. The second-order valence-electron chi connectivity index (χ2n) is 6.81. The number of aromatic carboxylic acids is 1. The Kier molecular flexibility index (Phi) is 4.88. The molecule has 1 aromatic carbocycles. The normalized spacial score (nSPS) is 18.0. The number of carboxylic acid groups (broad SMARTS) is 1. The minimum absolute atomic E-state index is 0.117. The van der Waals surface area contributed by atoms with E-state index in [1.165, 1.54) is 10.1 Å². The molecule has 2 N–H and O–H groups in total. The van der Waals surface area contributed by atoms with E-state index in [0.29, 0.717) is 30.3 Å². The molecule has 0 amide bonds. The van der Waals surface area contributed by atoms with Crippen LogP contribution in [0.15, 0.2) is 40.4 Å². The maximum atomic E-state index is 12.5. The first-order valence-corrected chi connectivity index (χ1v) is 8.66. The van der Waals surface area contributed by atoms with Gasteiger partial charge in [-0.3, -0.25) is 14.8 Å². The SMILES string of the molecule is CC(C)c1ccc(N/N=C2\CCC(C)n3c2ncc(C(=O)O)c3=O)cc1. The number of carbonyl (C=O) groups is 1. The number of nitrogens with zero attached hydrogens (tertiary/aromatic N) is 3. The van der Waals surface area contributed by atoms with Gasteiger partial charge in [0.1, 0.15) is 11.3 Å². The summed E-state index contributed by atoms with van der Waals surface area (Å²) in [6.45, 7) is 6.15. The van der Waals surface area contributed by atoms with Crippen LogP contribution in [0.1, 0.15) is 67.3 Å². The molecule has 1 aliphatic heterocycles. The van der Waals surface area contributed by atoms with Crippen LogP contribution in [0, 0.1) is 0 Å². The average molecular weight is 354 g/mol. The standard InChI is InChI=1S/C19H22N4O3/c1-11(2)13-5-7-14(8-6-13)21-22-16-9-4-12(3)23-17(16)20-10-15(18(23)24)19(25)26/h5-8,10-12,21H,4,9H2,1-3H3,(H,25,26)/b22-16+. The van der Waals surface area contributed by atoms with E-state index >= 15 is 0 Å². The summed E-state index contributed by atoms with van der Waals surface area (Å²) in [5.41, 5.74) is 4.88. The first kappa shape index (κ1) is 17.8. The first-order chi connectivity index (χ1) is 12.4. The minimum atomic E-state index is -1.27. The lowest BCUT2D eigenvalue weighted by atomic mass is 10.0. The van der Waals surface area contributed by atoms with E-state index in [2.05, 4.69) is 29.4 Å². The van der Waals surface area contributed by atoms with Gasteiger partial charge in [-0.05, 0) is 43.4 Å². The van der Waals surface area contributed by atoms with Crippen molar-refractivity contribution in [2.45, 2.75) is 45.6 Å². The zero-order valence-electron chi connectivity index (χ0n) is 15.1. The Morgan fingerprint density at radius 1 is 1.35 bits per heavy atom. The van der Waals surface area contributed by atoms with Crippen molar-refractivity contribution in [2.75, 3.05) is 5.43 Å². The molecule has 7 heteroatoms. The maximum Gasteiger partial charge on any atom is 0.342 e. The van der Waals surface area contributed by atoms with Crippen molar-refractivity contribution < 1.29 is 9.90 Å². The van der Waals surface area contributed by atoms with Gasteiger partial charge < -0.3 is 5.11 Å². The van der Waals surface area contributed by atoms with Crippen LogP contribution in [0.5, 0.6) is 0 Å². The lowest BCUT2D eigenvalue weighted by molar-refractivity contribution is 0.0693. The molecule has 1 aromatic heterocycles. The molecule has 0 fully saturated rings. The molecule has 1 atom stereocenters. The molecule has 2 heterocycles. The Balaban J connectivity index is 1.92. The van der Waals surface area contributed by atoms with Crippen LogP contribution in [-0.2, 0) is 0 Å². The van der Waals surface area contributed by atoms with Crippen molar-refractivity contribution >= 4 is 17.4 Å². The lowest BCUT2D eigenvalue weighted by Crippen LogP contribution is -2.37. The predicted octanol–water partition coefficient (Wildman–Crippen LogP) is 3.24. The summed E-state index contributed by atoms with van der Waals surface area (Å²) in [4.78, 5) is 27.8. The second kappa shape index (κ2) is 7.11. The summed E-state index contributed by atoms with van der Waals surface area (Å²) in [7, 11) is 0. The van der Waals surface area contributed by atoms with Crippen molar-refractivity contribution in [1.29, 1.82) is 0 Å². The summed E-state index contributed by atoms with van der Waals surface area (Å²) in [6, 6.07) is 7.89. The monoisotopic (exact) mass is 354 g/mol. The molecule has 26 heavy (non-hydrogen) atoms. The van der Waals surface area contributed by atoms with Crippen LogP contribution in [0.3, 0.4) is 0 Å². The van der Waals surface area contributed by atoms with Gasteiger partial charge in [-0.15, -0.1) is 0 Å². The number of anilines is 1. The molecule has 1 aliphatic rings. The Bertz CT molecular complexity index is 913. The molecule has 0 spiro atoms. The summed E-state index contributed by atoms with van der Waals surface area (Å²) in [5, 5.41) is 13.6. The summed E-state index contributed by atoms with van der Waals surface area (Å²) < 4.78 is 1.43. The minimum Gasteiger partial charge on any atom is -0.477 e. The van der Waals surface area contributed by atoms with Crippen LogP contribution in [0.2, 0.25) is 0 Å². The zero-order chi connectivity index (χ0) is 18.8. The van der Waals surface area contributed by atoms with Crippen molar-refractivity contribution in [2.24, 2.45) is 5.10 Å². The van der Waals surface area contributed by atoms with Crippen LogP contribution >= 0.6 is 0 Å². The molecule has 0 saturated carbocycles. The Hall–Kier alpha value is -2.96. The fourth-order valence-corrected chi connectivity index (χ4v) is 3.01. The molecular formula is C19H22N4O3. The van der Waals surface area contributed by atoms with Gasteiger partial charge >= 0.3 is 5.97 Å². The van der Waals surface area contributed by atoms with E-state index in [0.717, 1.165) is 11.9 Å². The molecule has 2 aromatic rings. The van der Waals surface area contributed by atoms with Gasteiger partial charge in [0.25, 0.3) is 5.56 Å². The van der Waals surface area contributed by atoms with E-state index in [4.69, 9.17) is 5.11 Å². The van der Waals surface area contributed by atoms with Gasteiger partial charge in [-0.1, -0.05) is 26.0 Å². The highest BCUT2D eigenvalue weighted by molar-refractivity contribution is 5.99. The number of fused-ring (bicyclic) bond motifs is 1. The van der Waals surface area contributed by atoms with Crippen LogP contribution in [-0.4, -0.2) is 26.3 Å². The van der Waals surface area contributed by atoms with Gasteiger partial charge in [-0.2, -0.15) is 5.10 Å². The summed E-state index contributed by atoms with van der Waals surface area (Å²) >= 11 is 0. The quantitative estimate of drug-likeness (QED) is 0.822. The van der Waals surface area contributed by atoms with Crippen molar-refractivity contribution in [3.05, 3.63) is 57.8 Å². The van der Waals surface area contributed by atoms with Gasteiger partial charge in [0.2, 0.25) is 0 Å². The summed E-state index contributed by atoms with van der Waals surface area (Å²) in [5.74, 6) is -0.385. The molecule has 0 radical (unpaired) electrons. The molecule has 7 nitrogen and oxygen atoms in total. The lowest BCUT2D eigenvalue weighted by Gasteiger charge is -2.25. The van der Waals surface area contributed by atoms with Crippen LogP contribution in [0.4, 0.5) is 5.69 Å². The maximum absolute atomic E-state index is 12.5. The first-order valence-electron chi connectivity index (χ1n) is 8.66. The molecule has 136 valence electrons. The molecule has 0 bridgehead atoms. The highest BCUT2D eigenvalue weighted by Gasteiger charge is 2.26. The number of benzene rings is 1. The third-order valence-electron chi connectivity index (χ3n) is 4.62. The van der Waals surface area contributed by atoms with Crippen molar-refractivity contribution in [3.8, 4) is 0 Å². The number of aromatic nitrogens is 2. The largest absolute Gasteiger partial charge is 0.477 e. The van der Waals surface area contributed by atoms with E-state index in [9.17, 15) is 9.59 Å². The van der Waals surface area contributed by atoms with Gasteiger partial charge in [-0.25, -0.2) is 9.78 Å². The third kappa shape index (κ3) is 3.37. The number of hydrazone groups is 1. The van der Waals surface area contributed by atoms with E-state index in [1.807, 2.05) is 31.2 Å². The highest BCUT2D eigenvalue weighted by Crippen LogP contribution is 2.22. The number of carboxylic acids is 1. The van der Waals surface area contributed by atoms with E-state index < -0.39 is 11.5 Å². The number of hydrogen-bond acceptors (Lipinski definition) is 5. The molecule has 3 rings (SSSR count). The molecule has 1 unspecified atom stereocenters. The fraction of sp³-hybridized carbons (Fsp3) is 0.368.